The normalized spacial score (nSPS) is 17.8. The van der Waals surface area contributed by atoms with Crippen LogP contribution in [0.3, 0.4) is 0 Å². The number of hydrogen-bond acceptors (Lipinski definition) is 11. The zero-order valence-corrected chi connectivity index (χ0v) is 33.5. The second-order valence-corrected chi connectivity index (χ2v) is 16.4. The predicted molar refractivity (Wildman–Crippen MR) is 209 cm³/mol. The van der Waals surface area contributed by atoms with E-state index in [9.17, 15) is 29.4 Å². The molecule has 0 saturated heterocycles. The molecule has 2 N–H and O–H groups in total. The maximum absolute atomic E-state index is 14.4. The van der Waals surface area contributed by atoms with Crippen LogP contribution in [0.15, 0.2) is 63.7 Å². The van der Waals surface area contributed by atoms with Crippen molar-refractivity contribution in [2.75, 3.05) is 0 Å². The van der Waals surface area contributed by atoms with Crippen LogP contribution in [0.2, 0.25) is 0 Å². The number of ether oxygens (including phenoxy) is 3. The number of nitrogens with one attached hydrogen (secondary N) is 1. The van der Waals surface area contributed by atoms with Crippen molar-refractivity contribution in [3.8, 4) is 11.3 Å². The molecule has 1 unspecified atom stereocenters. The van der Waals surface area contributed by atoms with Crippen LogP contribution in [0, 0.1) is 5.92 Å². The molecule has 0 fully saturated rings. The number of aliphatic carboxylic acids is 1. The molecule has 14 nitrogen and oxygen atoms in total. The van der Waals surface area contributed by atoms with Gasteiger partial charge in [-0.05, 0) is 68.0 Å². The lowest BCUT2D eigenvalue weighted by Gasteiger charge is -2.40. The van der Waals surface area contributed by atoms with E-state index in [1.807, 2.05) is 57.2 Å². The number of fused-ring (bicyclic) bond motifs is 5. The second kappa shape index (κ2) is 15.8. The van der Waals surface area contributed by atoms with E-state index in [4.69, 9.17) is 19.0 Å². The number of rotatable bonds is 12. The molecule has 0 radical (unpaired) electrons. The van der Waals surface area contributed by atoms with Gasteiger partial charge in [-0.1, -0.05) is 77.5 Å². The number of carbonyl (C=O) groups is 3. The van der Waals surface area contributed by atoms with E-state index in [0.717, 1.165) is 27.5 Å². The van der Waals surface area contributed by atoms with Gasteiger partial charge in [-0.3, -0.25) is 19.4 Å². The highest BCUT2D eigenvalue weighted by Gasteiger charge is 2.48. The van der Waals surface area contributed by atoms with Gasteiger partial charge < -0.3 is 39.1 Å². The van der Waals surface area contributed by atoms with Crippen molar-refractivity contribution >= 4 is 40.9 Å². The van der Waals surface area contributed by atoms with Crippen LogP contribution in [-0.4, -0.2) is 63.1 Å². The fourth-order valence-electron chi connectivity index (χ4n) is 6.84. The molecule has 2 aromatic carbocycles. The van der Waals surface area contributed by atoms with E-state index in [1.54, 1.807) is 52.3 Å². The molecule has 56 heavy (non-hydrogen) atoms. The maximum atomic E-state index is 14.4. The lowest BCUT2D eigenvalue weighted by molar-refractivity contribution is -0.261. The van der Waals surface area contributed by atoms with E-state index < -0.39 is 65.2 Å². The first-order valence-corrected chi connectivity index (χ1v) is 18.7. The number of oxime groups is 1. The largest absolute Gasteiger partial charge is 0.595 e. The minimum Gasteiger partial charge on any atom is -0.595 e. The zero-order chi connectivity index (χ0) is 41.3. The van der Waals surface area contributed by atoms with Crippen molar-refractivity contribution in [1.82, 2.24) is 9.88 Å². The van der Waals surface area contributed by atoms with Gasteiger partial charge in [0.25, 0.3) is 5.56 Å². The number of carboxylic acid groups (broad SMARTS) is 1. The summed E-state index contributed by atoms with van der Waals surface area (Å²) in [5.74, 6) is -3.33. The summed E-state index contributed by atoms with van der Waals surface area (Å²) in [6.45, 7) is 20.0. The van der Waals surface area contributed by atoms with Gasteiger partial charge in [0.05, 0.1) is 24.0 Å². The molecule has 1 amide bonds. The van der Waals surface area contributed by atoms with Gasteiger partial charge in [0.2, 0.25) is 5.91 Å². The van der Waals surface area contributed by atoms with Gasteiger partial charge in [0.1, 0.15) is 36.1 Å². The summed E-state index contributed by atoms with van der Waals surface area (Å²) in [6, 6.07) is 8.99. The average Bonchev–Trinajstić information content (AvgIpc) is 3.47. The van der Waals surface area contributed by atoms with Crippen molar-refractivity contribution in [1.29, 1.82) is 0 Å². The van der Waals surface area contributed by atoms with Crippen molar-refractivity contribution in [2.45, 2.75) is 124 Å². The minimum atomic E-state index is -1.62. The third kappa shape index (κ3) is 8.74. The lowest BCUT2D eigenvalue weighted by atomic mass is 9.83. The van der Waals surface area contributed by atoms with Gasteiger partial charge in [-0.25, -0.2) is 4.79 Å². The van der Waals surface area contributed by atoms with Crippen molar-refractivity contribution in [3.05, 3.63) is 81.3 Å². The summed E-state index contributed by atoms with van der Waals surface area (Å²) in [7, 11) is 0. The number of amides is 1. The van der Waals surface area contributed by atoms with Crippen molar-refractivity contribution in [2.24, 2.45) is 16.1 Å². The van der Waals surface area contributed by atoms with Crippen molar-refractivity contribution < 1.29 is 43.6 Å². The Bertz CT molecular complexity index is 2170. The fraction of sp³-hybridized carbons (Fsp3) is 0.476. The first-order chi connectivity index (χ1) is 26.2. The SMILES string of the molecule is C=C1OCc2c(cc3n(c2=O)Cc2c-3cc3ccccc3c2/C=N\OC(C)(C)C)[C@]1(CC)OC(=O)C(NC(=O)[C@H](CCC(=O)O)N=C([O-])OC(C)(C)C)C(C)C. The maximum Gasteiger partial charge on any atom is 0.330 e. The molecule has 5 rings (SSSR count). The number of carbonyl (C=O) groups excluding carboxylic acids is 2. The highest BCUT2D eigenvalue weighted by Crippen LogP contribution is 2.46. The third-order valence-electron chi connectivity index (χ3n) is 9.56. The Balaban J connectivity index is 1.54. The van der Waals surface area contributed by atoms with Gasteiger partial charge in [0.15, 0.2) is 5.60 Å². The summed E-state index contributed by atoms with van der Waals surface area (Å²) in [5, 5.41) is 30.7. The zero-order valence-electron chi connectivity index (χ0n) is 33.5. The Morgan fingerprint density at radius 2 is 1.80 bits per heavy atom. The smallest absolute Gasteiger partial charge is 0.330 e. The number of aliphatic imine (C=N–C) groups is 1. The number of benzene rings is 2. The highest BCUT2D eigenvalue weighted by molar-refractivity contribution is 6.05. The lowest BCUT2D eigenvalue weighted by Crippen LogP contribution is -2.52. The monoisotopic (exact) mass is 771 g/mol. The summed E-state index contributed by atoms with van der Waals surface area (Å²) in [4.78, 5) is 63.1. The van der Waals surface area contributed by atoms with Gasteiger partial charge in [-0.2, -0.15) is 0 Å². The van der Waals surface area contributed by atoms with Crippen molar-refractivity contribution in [3.63, 3.8) is 0 Å². The summed E-state index contributed by atoms with van der Waals surface area (Å²) < 4.78 is 19.2. The molecule has 0 saturated carbocycles. The molecule has 2 aliphatic heterocycles. The number of esters is 1. The molecular formula is C42H51N4O10-. The molecule has 0 aliphatic carbocycles. The summed E-state index contributed by atoms with van der Waals surface area (Å²) in [5.41, 5.74) is 0.470. The van der Waals surface area contributed by atoms with Gasteiger partial charge in [-0.15, -0.1) is 0 Å². The minimum absolute atomic E-state index is 0.0968. The third-order valence-corrected chi connectivity index (χ3v) is 9.56. The molecule has 2 aliphatic rings. The van der Waals surface area contributed by atoms with E-state index in [1.165, 1.54) is 0 Å². The van der Waals surface area contributed by atoms with Crippen LogP contribution < -0.4 is 16.0 Å². The quantitative estimate of drug-likeness (QED) is 0.0830. The topological polar surface area (TPSA) is 190 Å². The number of carboxylic acids is 1. The first-order valence-electron chi connectivity index (χ1n) is 18.7. The van der Waals surface area contributed by atoms with Crippen LogP contribution in [0.5, 0.6) is 0 Å². The molecule has 3 heterocycles. The van der Waals surface area contributed by atoms with E-state index in [-0.39, 0.29) is 37.3 Å². The average molecular weight is 772 g/mol. The molecule has 300 valence electrons. The number of aromatic nitrogens is 1. The Morgan fingerprint density at radius 1 is 1.11 bits per heavy atom. The van der Waals surface area contributed by atoms with Gasteiger partial charge in [0, 0.05) is 28.7 Å². The summed E-state index contributed by atoms with van der Waals surface area (Å²) in [6.07, 6.45) is -0.0188. The van der Waals surface area contributed by atoms with Crippen LogP contribution >= 0.6 is 0 Å². The molecule has 1 aromatic heterocycles. The Morgan fingerprint density at radius 3 is 2.43 bits per heavy atom. The Labute approximate surface area is 326 Å². The molecule has 0 spiro atoms. The molecular weight excluding hydrogens is 720 g/mol. The standard InChI is InChI=1S/C42H52N4O10/c1-11-42(54-38(51)35(23(2)3)45-36(49)32(16-17-34(47)48)44-39(52)55-40(5,6)7)24(4)53-22-30-31(42)19-33-27-18-25-14-12-13-15-26(25)28(20-43-56-41(8,9)10)29(27)21-46(33)37(30)50/h12-15,18-20,23,32,35H,4,11,16-17,21-22H2,1-3,5-10H3,(H,44,52)(H,45,49)(H,47,48)/p-1/b43-20-/t32-,35?,42+/m0/s1. The van der Waals surface area contributed by atoms with Gasteiger partial charge >= 0.3 is 11.9 Å². The van der Waals surface area contributed by atoms with E-state index in [2.05, 4.69) is 22.0 Å². The second-order valence-electron chi connectivity index (χ2n) is 16.4. The predicted octanol–water partition coefficient (Wildman–Crippen LogP) is 5.28. The van der Waals surface area contributed by atoms with Crippen LogP contribution in [-0.2, 0) is 52.2 Å². The van der Waals surface area contributed by atoms with Crippen LogP contribution in [0.25, 0.3) is 22.0 Å². The number of pyridine rings is 1. The fourth-order valence-corrected chi connectivity index (χ4v) is 6.84. The van der Waals surface area contributed by atoms with Crippen LogP contribution in [0.1, 0.15) is 104 Å². The Kier molecular flexibility index (Phi) is 11.7. The molecule has 0 bridgehead atoms. The van der Waals surface area contributed by atoms with Crippen LogP contribution in [0.4, 0.5) is 0 Å². The molecule has 14 heteroatoms. The first kappa shape index (κ1) is 41.5. The number of hydrogen-bond donors (Lipinski definition) is 2. The number of nitrogens with zero attached hydrogens (tertiary/aromatic N) is 3. The van der Waals surface area contributed by atoms with E-state index in [0.29, 0.717) is 16.8 Å². The Hall–Kier alpha value is -5.66. The molecule has 3 aromatic rings. The van der Waals surface area contributed by atoms with E-state index >= 15 is 0 Å². The highest BCUT2D eigenvalue weighted by atomic mass is 16.6. The summed E-state index contributed by atoms with van der Waals surface area (Å²) >= 11 is 0. The molecule has 3 atom stereocenters.